The largest absolute Gasteiger partial charge is 0.489 e. The van der Waals surface area contributed by atoms with Crippen molar-refractivity contribution < 1.29 is 43.5 Å². The Morgan fingerprint density at radius 1 is 1.00 bits per heavy atom. The molecule has 1 aliphatic rings. The number of aromatic nitrogens is 4. The third-order valence-electron chi connectivity index (χ3n) is 10.3. The SMILES string of the molecule is CCOC(=O)C(CO)NCc1cn(CCCOC2(COc3cc(OCc4cncc(C#N)c4)c(CNC(CO)C(=O)OCC)cc3Cl)C=CC=C(c3ccccc3C)C2C)nn1. The number of aliphatic hydroxyl groups is 2. The molecule has 4 aromatic rings. The van der Waals surface area contributed by atoms with Gasteiger partial charge in [-0.25, -0.2) is 0 Å². The van der Waals surface area contributed by atoms with Crippen LogP contribution < -0.4 is 20.1 Å². The molecule has 330 valence electrons. The van der Waals surface area contributed by atoms with Crippen LogP contribution in [0, 0.1) is 24.2 Å². The van der Waals surface area contributed by atoms with Gasteiger partial charge in [0, 0.05) is 67.9 Å². The topological polar surface area (TPSA) is 212 Å². The molecule has 4 unspecified atom stereocenters. The van der Waals surface area contributed by atoms with Gasteiger partial charge in [-0.1, -0.05) is 60.2 Å². The summed E-state index contributed by atoms with van der Waals surface area (Å²) in [6, 6.07) is 13.4. The number of carbonyl (C=O) groups excluding carboxylic acids is 2. The molecule has 0 amide bonds. The predicted molar refractivity (Wildman–Crippen MR) is 230 cm³/mol. The summed E-state index contributed by atoms with van der Waals surface area (Å²) in [5.74, 6) is -0.592. The maximum Gasteiger partial charge on any atom is 0.325 e. The Labute approximate surface area is 366 Å². The Balaban J connectivity index is 1.35. The zero-order valence-electron chi connectivity index (χ0n) is 35.4. The number of benzene rings is 2. The minimum Gasteiger partial charge on any atom is -0.489 e. The molecule has 16 nitrogen and oxygen atoms in total. The molecule has 62 heavy (non-hydrogen) atoms. The molecule has 0 saturated carbocycles. The van der Waals surface area contributed by atoms with Crippen LogP contribution in [0.5, 0.6) is 11.5 Å². The first-order valence-corrected chi connectivity index (χ1v) is 20.8. The van der Waals surface area contributed by atoms with E-state index >= 15 is 0 Å². The number of aryl methyl sites for hydroxylation is 2. The standard InChI is InChI=1S/C45H54ClN7O9/c1-5-58-43(56)39(26-54)49-23-34-18-38(46)42(19-41(34)60-28-33-17-32(20-47)21-48-22-33)61-29-45(14-9-13-37(31(45)4)36-12-8-7-11-30(36)3)62-16-10-15-53-25-35(51-52-53)24-50-40(27-55)44(57)59-6-2/h7-9,11-14,17-19,21-22,25,31,39-40,49-50,54-55H,5-6,10,15-16,23-24,26-29H2,1-4H3. The van der Waals surface area contributed by atoms with Crippen molar-refractivity contribution in [2.75, 3.05) is 39.6 Å². The van der Waals surface area contributed by atoms with Gasteiger partial charge in [0.25, 0.3) is 0 Å². The molecule has 0 fully saturated rings. The number of nitrogens with zero attached hydrogens (tertiary/aromatic N) is 5. The number of nitrogens with one attached hydrogen (secondary N) is 2. The van der Waals surface area contributed by atoms with E-state index in [1.807, 2.05) is 24.3 Å². The zero-order chi connectivity index (χ0) is 44.5. The Kier molecular flexibility index (Phi) is 18.0. The van der Waals surface area contributed by atoms with Crippen LogP contribution in [0.3, 0.4) is 0 Å². The molecular formula is C45H54ClN7O9. The number of pyridine rings is 1. The molecule has 17 heteroatoms. The van der Waals surface area contributed by atoms with E-state index in [-0.39, 0.29) is 50.5 Å². The summed E-state index contributed by atoms with van der Waals surface area (Å²) >= 11 is 6.92. The fourth-order valence-electron chi connectivity index (χ4n) is 6.82. The first-order chi connectivity index (χ1) is 30.0. The minimum absolute atomic E-state index is 0.0653. The summed E-state index contributed by atoms with van der Waals surface area (Å²) in [5, 5.41) is 43.6. The van der Waals surface area contributed by atoms with Gasteiger partial charge in [0.15, 0.2) is 0 Å². The lowest BCUT2D eigenvalue weighted by atomic mass is 9.76. The molecule has 4 N–H and O–H groups in total. The van der Waals surface area contributed by atoms with Crippen LogP contribution in [0.2, 0.25) is 5.02 Å². The Morgan fingerprint density at radius 3 is 2.42 bits per heavy atom. The number of nitriles is 1. The van der Waals surface area contributed by atoms with Crippen LogP contribution in [-0.2, 0) is 50.0 Å². The number of rotatable bonds is 24. The number of aliphatic hydroxyl groups excluding tert-OH is 2. The molecule has 0 bridgehead atoms. The van der Waals surface area contributed by atoms with Gasteiger partial charge in [0.1, 0.15) is 48.5 Å². The third kappa shape index (κ3) is 12.7. The van der Waals surface area contributed by atoms with Gasteiger partial charge in [-0.05, 0) is 62.1 Å². The molecule has 5 rings (SSSR count). The van der Waals surface area contributed by atoms with Crippen molar-refractivity contribution in [3.05, 3.63) is 118 Å². The van der Waals surface area contributed by atoms with Crippen LogP contribution in [0.15, 0.2) is 79.3 Å². The minimum atomic E-state index is -0.979. The van der Waals surface area contributed by atoms with E-state index in [0.717, 1.165) is 16.7 Å². The van der Waals surface area contributed by atoms with E-state index in [2.05, 4.69) is 64.1 Å². The van der Waals surface area contributed by atoms with Gasteiger partial charge >= 0.3 is 11.9 Å². The van der Waals surface area contributed by atoms with Crippen molar-refractivity contribution in [2.24, 2.45) is 5.92 Å². The summed E-state index contributed by atoms with van der Waals surface area (Å²) in [6.45, 7) is 8.31. The molecule has 0 radical (unpaired) electrons. The summed E-state index contributed by atoms with van der Waals surface area (Å²) < 4.78 is 31.5. The van der Waals surface area contributed by atoms with E-state index in [0.29, 0.717) is 53.5 Å². The van der Waals surface area contributed by atoms with Crippen LogP contribution in [-0.4, -0.2) is 99.5 Å². The van der Waals surface area contributed by atoms with Gasteiger partial charge in [-0.15, -0.1) is 5.10 Å². The first kappa shape index (κ1) is 47.4. The molecule has 0 aliphatic heterocycles. The van der Waals surface area contributed by atoms with Crippen molar-refractivity contribution in [2.45, 2.75) is 78.0 Å². The quantitative estimate of drug-likeness (QED) is 0.0559. The first-order valence-electron chi connectivity index (χ1n) is 20.5. The van der Waals surface area contributed by atoms with Crippen molar-refractivity contribution >= 4 is 29.1 Å². The van der Waals surface area contributed by atoms with Crippen molar-refractivity contribution in [3.63, 3.8) is 0 Å². The van der Waals surface area contributed by atoms with Crippen LogP contribution in [0.1, 0.15) is 60.7 Å². The van der Waals surface area contributed by atoms with E-state index in [1.54, 1.807) is 49.1 Å². The van der Waals surface area contributed by atoms with Crippen LogP contribution in [0.4, 0.5) is 0 Å². The molecule has 2 heterocycles. The van der Waals surface area contributed by atoms with E-state index in [4.69, 9.17) is 35.3 Å². The van der Waals surface area contributed by atoms with Gasteiger partial charge in [0.2, 0.25) is 0 Å². The molecule has 2 aromatic heterocycles. The smallest absolute Gasteiger partial charge is 0.325 e. The van der Waals surface area contributed by atoms with E-state index in [9.17, 15) is 25.1 Å². The highest BCUT2D eigenvalue weighted by Crippen LogP contribution is 2.41. The third-order valence-corrected chi connectivity index (χ3v) is 10.6. The van der Waals surface area contributed by atoms with E-state index < -0.39 is 42.8 Å². The number of hydrogen-bond acceptors (Lipinski definition) is 15. The lowest BCUT2D eigenvalue weighted by Crippen LogP contribution is -2.45. The zero-order valence-corrected chi connectivity index (χ0v) is 36.1. The molecule has 2 aromatic carbocycles. The lowest BCUT2D eigenvalue weighted by molar-refractivity contribution is -0.147. The van der Waals surface area contributed by atoms with Gasteiger partial charge < -0.3 is 33.9 Å². The highest BCUT2D eigenvalue weighted by atomic mass is 35.5. The number of hydrogen-bond donors (Lipinski definition) is 4. The summed E-state index contributed by atoms with van der Waals surface area (Å²) in [5.41, 5.74) is 4.57. The second-order valence-corrected chi connectivity index (χ2v) is 15.0. The van der Waals surface area contributed by atoms with Gasteiger partial charge in [-0.2, -0.15) is 5.26 Å². The van der Waals surface area contributed by atoms with E-state index in [1.165, 1.54) is 6.20 Å². The Morgan fingerprint density at radius 2 is 1.73 bits per heavy atom. The fraction of sp³-hybridized carbons (Fsp3) is 0.422. The number of allylic oxidation sites excluding steroid dienone is 2. The van der Waals surface area contributed by atoms with Gasteiger partial charge in [0.05, 0.1) is 42.7 Å². The second kappa shape index (κ2) is 23.5. The predicted octanol–water partition coefficient (Wildman–Crippen LogP) is 4.63. The highest BCUT2D eigenvalue weighted by molar-refractivity contribution is 6.32. The van der Waals surface area contributed by atoms with Crippen molar-refractivity contribution in [1.82, 2.24) is 30.6 Å². The van der Waals surface area contributed by atoms with Gasteiger partial charge in [-0.3, -0.25) is 29.9 Å². The van der Waals surface area contributed by atoms with Crippen LogP contribution in [0.25, 0.3) is 5.57 Å². The normalized spacial score (nSPS) is 16.8. The number of ether oxygens (including phenoxy) is 5. The van der Waals surface area contributed by atoms with Crippen molar-refractivity contribution in [3.8, 4) is 17.6 Å². The average Bonchev–Trinajstić information content (AvgIpc) is 3.73. The highest BCUT2D eigenvalue weighted by Gasteiger charge is 2.40. The number of esters is 2. The fourth-order valence-corrected chi connectivity index (χ4v) is 7.06. The molecule has 0 saturated heterocycles. The maximum absolute atomic E-state index is 12.4. The number of halogens is 1. The summed E-state index contributed by atoms with van der Waals surface area (Å²) in [7, 11) is 0. The summed E-state index contributed by atoms with van der Waals surface area (Å²) in [6.07, 6.45) is 11.5. The average molecular weight is 872 g/mol. The molecule has 1 aliphatic carbocycles. The number of carbonyl (C=O) groups is 2. The monoisotopic (exact) mass is 871 g/mol. The Bertz CT molecular complexity index is 2230. The van der Waals surface area contributed by atoms with Crippen LogP contribution >= 0.6 is 11.6 Å². The molecular weight excluding hydrogens is 818 g/mol. The Hall–Kier alpha value is -5.67. The molecule has 0 spiro atoms. The lowest BCUT2D eigenvalue weighted by Gasteiger charge is -2.40. The molecule has 4 atom stereocenters. The maximum atomic E-state index is 12.4. The van der Waals surface area contributed by atoms with Crippen molar-refractivity contribution in [1.29, 1.82) is 5.26 Å². The second-order valence-electron chi connectivity index (χ2n) is 14.5. The summed E-state index contributed by atoms with van der Waals surface area (Å²) in [4.78, 5) is 28.7.